The van der Waals surface area contributed by atoms with Crippen molar-refractivity contribution < 1.29 is 9.53 Å². The highest BCUT2D eigenvalue weighted by atomic mass is 79.9. The molecule has 0 aliphatic rings. The Kier molecular flexibility index (Phi) is 4.30. The summed E-state index contributed by atoms with van der Waals surface area (Å²) in [6.45, 7) is 2.43. The Hall–Kier alpha value is -1.36. The van der Waals surface area contributed by atoms with Gasteiger partial charge in [0.25, 0.3) is 6.47 Å². The largest absolute Gasteiger partial charge is 0.471 e. The van der Waals surface area contributed by atoms with E-state index in [1.807, 2.05) is 16.7 Å². The molecular formula is C10H11BrN2O2. The van der Waals surface area contributed by atoms with Gasteiger partial charge in [0, 0.05) is 6.20 Å². The van der Waals surface area contributed by atoms with E-state index in [1.165, 1.54) is 12.7 Å². The quantitative estimate of drug-likeness (QED) is 0.747. The summed E-state index contributed by atoms with van der Waals surface area (Å²) in [6, 6.07) is 4.10. The van der Waals surface area contributed by atoms with Gasteiger partial charge in [-0.05, 0) is 40.5 Å². The second-order valence-corrected chi connectivity index (χ2v) is 3.66. The zero-order valence-electron chi connectivity index (χ0n) is 8.48. The average molecular weight is 271 g/mol. The number of fused-ring (bicyclic) bond motifs is 1. The average Bonchev–Trinajstić information content (AvgIpc) is 2.60. The molecule has 0 saturated heterocycles. The van der Waals surface area contributed by atoms with E-state index in [0.29, 0.717) is 6.47 Å². The van der Waals surface area contributed by atoms with Crippen LogP contribution < -0.4 is 0 Å². The van der Waals surface area contributed by atoms with Crippen LogP contribution in [0.1, 0.15) is 5.56 Å². The predicted octanol–water partition coefficient (Wildman–Crippen LogP) is 2.19. The van der Waals surface area contributed by atoms with Gasteiger partial charge in [0.1, 0.15) is 10.3 Å². The molecule has 0 aliphatic heterocycles. The number of methoxy groups -OCH3 is 1. The lowest BCUT2D eigenvalue weighted by Gasteiger charge is -1.94. The molecular weight excluding hydrogens is 260 g/mol. The van der Waals surface area contributed by atoms with Crippen molar-refractivity contribution in [1.82, 2.24) is 9.38 Å². The summed E-state index contributed by atoms with van der Waals surface area (Å²) in [5, 5.41) is 0. The number of rotatable bonds is 1. The smallest absolute Gasteiger partial charge is 0.292 e. The van der Waals surface area contributed by atoms with Crippen LogP contribution in [0.25, 0.3) is 5.65 Å². The van der Waals surface area contributed by atoms with Crippen molar-refractivity contribution in [2.45, 2.75) is 6.92 Å². The highest BCUT2D eigenvalue weighted by molar-refractivity contribution is 9.10. The maximum absolute atomic E-state index is 8.95. The van der Waals surface area contributed by atoms with Crippen molar-refractivity contribution in [2.75, 3.05) is 7.11 Å². The minimum absolute atomic E-state index is 0.375. The molecule has 0 atom stereocenters. The van der Waals surface area contributed by atoms with Gasteiger partial charge in [0.05, 0.1) is 13.3 Å². The zero-order valence-corrected chi connectivity index (χ0v) is 10.1. The van der Waals surface area contributed by atoms with Crippen LogP contribution in [0, 0.1) is 6.92 Å². The van der Waals surface area contributed by atoms with E-state index in [4.69, 9.17) is 4.79 Å². The maximum atomic E-state index is 8.95. The molecule has 0 aliphatic carbocycles. The van der Waals surface area contributed by atoms with Gasteiger partial charge < -0.3 is 4.74 Å². The highest BCUT2D eigenvalue weighted by Crippen LogP contribution is 2.13. The summed E-state index contributed by atoms with van der Waals surface area (Å²) in [5.41, 5.74) is 2.22. The molecule has 0 spiro atoms. The van der Waals surface area contributed by atoms with E-state index < -0.39 is 0 Å². The molecule has 0 bridgehead atoms. The van der Waals surface area contributed by atoms with Gasteiger partial charge in [-0.15, -0.1) is 0 Å². The second kappa shape index (κ2) is 5.50. The fraction of sp³-hybridized carbons (Fsp3) is 0.200. The van der Waals surface area contributed by atoms with Gasteiger partial charge in [-0.25, -0.2) is 4.98 Å². The van der Waals surface area contributed by atoms with Crippen LogP contribution in [-0.2, 0) is 9.53 Å². The lowest BCUT2D eigenvalue weighted by molar-refractivity contribution is -0.126. The fourth-order valence-corrected chi connectivity index (χ4v) is 1.45. The van der Waals surface area contributed by atoms with Crippen LogP contribution in [0.5, 0.6) is 0 Å². The Balaban J connectivity index is 0.000000245. The first-order valence-electron chi connectivity index (χ1n) is 4.24. The molecule has 0 saturated carbocycles. The number of aryl methyl sites for hydroxylation is 1. The minimum atomic E-state index is 0.375. The van der Waals surface area contributed by atoms with E-state index in [1.54, 1.807) is 6.20 Å². The van der Waals surface area contributed by atoms with Crippen LogP contribution in [-0.4, -0.2) is 23.0 Å². The van der Waals surface area contributed by atoms with Gasteiger partial charge >= 0.3 is 0 Å². The van der Waals surface area contributed by atoms with Crippen LogP contribution in [0.3, 0.4) is 0 Å². The first-order chi connectivity index (χ1) is 7.19. The number of pyridine rings is 1. The fourth-order valence-electron chi connectivity index (χ4n) is 1.05. The van der Waals surface area contributed by atoms with E-state index in [0.717, 1.165) is 10.3 Å². The summed E-state index contributed by atoms with van der Waals surface area (Å²) >= 11 is 3.39. The van der Waals surface area contributed by atoms with Gasteiger partial charge in [0.15, 0.2) is 0 Å². The lowest BCUT2D eigenvalue weighted by Crippen LogP contribution is -1.83. The first-order valence-corrected chi connectivity index (χ1v) is 5.04. The van der Waals surface area contributed by atoms with Gasteiger partial charge in [0.2, 0.25) is 0 Å². The number of hydrogen-bond acceptors (Lipinski definition) is 3. The highest BCUT2D eigenvalue weighted by Gasteiger charge is 1.97. The Morgan fingerprint density at radius 3 is 2.87 bits per heavy atom. The van der Waals surface area contributed by atoms with Gasteiger partial charge in [-0.1, -0.05) is 0 Å². The number of ether oxygens (including phenoxy) is 1. The van der Waals surface area contributed by atoms with Gasteiger partial charge in [-0.2, -0.15) is 0 Å². The molecule has 2 rings (SSSR count). The topological polar surface area (TPSA) is 43.6 Å². The number of imidazole rings is 1. The molecule has 15 heavy (non-hydrogen) atoms. The monoisotopic (exact) mass is 270 g/mol. The molecule has 0 N–H and O–H groups in total. The molecule has 2 aromatic heterocycles. The van der Waals surface area contributed by atoms with Crippen molar-refractivity contribution in [3.05, 3.63) is 34.7 Å². The minimum Gasteiger partial charge on any atom is -0.471 e. The molecule has 0 amide bonds. The van der Waals surface area contributed by atoms with Crippen molar-refractivity contribution in [1.29, 1.82) is 0 Å². The normalized spacial score (nSPS) is 9.27. The third-order valence-electron chi connectivity index (χ3n) is 1.72. The summed E-state index contributed by atoms with van der Waals surface area (Å²) in [4.78, 5) is 13.1. The Bertz CT molecular complexity index is 454. The third kappa shape index (κ3) is 3.06. The molecule has 2 heterocycles. The standard InChI is InChI=1S/C8H7BrN2.C2H4O2/c1-6-2-3-11-7(9)5-10-8(11)4-6;1-4-2-3/h2-5H,1H3;2H,1H3. The van der Waals surface area contributed by atoms with E-state index >= 15 is 0 Å². The lowest BCUT2D eigenvalue weighted by atomic mass is 10.3. The molecule has 0 radical (unpaired) electrons. The number of carbonyl (C=O) groups is 1. The number of nitrogens with zero attached hydrogens (tertiary/aromatic N) is 2. The van der Waals surface area contributed by atoms with E-state index in [-0.39, 0.29) is 0 Å². The van der Waals surface area contributed by atoms with Crippen LogP contribution in [0.4, 0.5) is 0 Å². The third-order valence-corrected chi connectivity index (χ3v) is 2.31. The van der Waals surface area contributed by atoms with Crippen LogP contribution >= 0.6 is 15.9 Å². The Morgan fingerprint density at radius 2 is 2.27 bits per heavy atom. The first kappa shape index (κ1) is 11.7. The molecule has 80 valence electrons. The van der Waals surface area contributed by atoms with Crippen molar-refractivity contribution >= 4 is 28.0 Å². The molecule has 0 fully saturated rings. The van der Waals surface area contributed by atoms with Crippen molar-refractivity contribution in [2.24, 2.45) is 0 Å². The van der Waals surface area contributed by atoms with Crippen molar-refractivity contribution in [3.63, 3.8) is 0 Å². The predicted molar refractivity (Wildman–Crippen MR) is 60.7 cm³/mol. The maximum Gasteiger partial charge on any atom is 0.292 e. The van der Waals surface area contributed by atoms with Crippen LogP contribution in [0.2, 0.25) is 0 Å². The summed E-state index contributed by atoms with van der Waals surface area (Å²) in [6.07, 6.45) is 3.80. The number of aromatic nitrogens is 2. The summed E-state index contributed by atoms with van der Waals surface area (Å²) in [7, 11) is 1.31. The SMILES string of the molecule is COC=O.Cc1ccn2c(Br)cnc2c1. The Morgan fingerprint density at radius 1 is 1.60 bits per heavy atom. The molecule has 0 aromatic carbocycles. The Labute approximate surface area is 96.0 Å². The number of hydrogen-bond donors (Lipinski definition) is 0. The van der Waals surface area contributed by atoms with Crippen molar-refractivity contribution in [3.8, 4) is 0 Å². The number of halogens is 1. The number of carbonyl (C=O) groups excluding carboxylic acids is 1. The molecule has 5 heteroatoms. The second-order valence-electron chi connectivity index (χ2n) is 2.85. The molecule has 0 unspecified atom stereocenters. The summed E-state index contributed by atoms with van der Waals surface area (Å²) in [5.74, 6) is 0. The molecule has 2 aromatic rings. The molecule has 4 nitrogen and oxygen atoms in total. The van der Waals surface area contributed by atoms with E-state index in [9.17, 15) is 0 Å². The van der Waals surface area contributed by atoms with Crippen LogP contribution in [0.15, 0.2) is 29.1 Å². The van der Waals surface area contributed by atoms with Gasteiger partial charge in [-0.3, -0.25) is 9.20 Å². The summed E-state index contributed by atoms with van der Waals surface area (Å²) < 4.78 is 6.85. The van der Waals surface area contributed by atoms with E-state index in [2.05, 4.69) is 38.6 Å². The zero-order chi connectivity index (χ0) is 11.3.